The van der Waals surface area contributed by atoms with Gasteiger partial charge in [0.25, 0.3) is 0 Å². The minimum atomic E-state index is 0.334. The Bertz CT molecular complexity index is 669. The van der Waals surface area contributed by atoms with Gasteiger partial charge in [0.15, 0.2) is 0 Å². The average molecular weight is 300 g/mol. The van der Waals surface area contributed by atoms with Gasteiger partial charge < -0.3 is 5.32 Å². The summed E-state index contributed by atoms with van der Waals surface area (Å²) in [5.41, 5.74) is 3.67. The van der Waals surface area contributed by atoms with E-state index in [-0.39, 0.29) is 0 Å². The molecule has 0 aliphatic carbocycles. The molecule has 0 saturated carbocycles. The monoisotopic (exact) mass is 300 g/mol. The largest absolute Gasteiger partial charge is 0.378 e. The summed E-state index contributed by atoms with van der Waals surface area (Å²) in [4.78, 5) is 5.73. The first-order valence-corrected chi connectivity index (χ1v) is 8.30. The highest BCUT2D eigenvalue weighted by molar-refractivity contribution is 7.13. The molecule has 1 aromatic carbocycles. The smallest absolute Gasteiger partial charge is 0.123 e. The Morgan fingerprint density at radius 3 is 2.45 bits per heavy atom. The zero-order chi connectivity index (χ0) is 13.9. The molecular weight excluding hydrogens is 284 g/mol. The molecule has 1 N–H and O–H groups in total. The van der Waals surface area contributed by atoms with Crippen molar-refractivity contribution < 1.29 is 0 Å². The SMILES string of the molecule is Cc1ccsc1C(C)Nc1ccc(-c2nccs2)cc1. The summed E-state index contributed by atoms with van der Waals surface area (Å²) in [7, 11) is 0. The van der Waals surface area contributed by atoms with E-state index in [1.54, 1.807) is 11.3 Å². The van der Waals surface area contributed by atoms with Crippen LogP contribution in [0.15, 0.2) is 47.3 Å². The number of thiophene rings is 1. The third-order valence-corrected chi connectivity index (χ3v) is 5.27. The predicted molar refractivity (Wildman–Crippen MR) is 88.6 cm³/mol. The van der Waals surface area contributed by atoms with Crippen molar-refractivity contribution in [1.82, 2.24) is 4.98 Å². The number of nitrogens with zero attached hydrogens (tertiary/aromatic N) is 1. The third-order valence-electron chi connectivity index (χ3n) is 3.24. The summed E-state index contributed by atoms with van der Waals surface area (Å²) < 4.78 is 0. The van der Waals surface area contributed by atoms with Crippen molar-refractivity contribution in [2.24, 2.45) is 0 Å². The number of hydrogen-bond acceptors (Lipinski definition) is 4. The van der Waals surface area contributed by atoms with Gasteiger partial charge in [-0.15, -0.1) is 22.7 Å². The quantitative estimate of drug-likeness (QED) is 0.702. The molecule has 20 heavy (non-hydrogen) atoms. The molecule has 102 valence electrons. The molecule has 2 nitrogen and oxygen atoms in total. The van der Waals surface area contributed by atoms with E-state index in [0.717, 1.165) is 10.7 Å². The van der Waals surface area contributed by atoms with Crippen molar-refractivity contribution in [3.8, 4) is 10.6 Å². The summed E-state index contributed by atoms with van der Waals surface area (Å²) in [6, 6.07) is 11.0. The van der Waals surface area contributed by atoms with Gasteiger partial charge in [0.2, 0.25) is 0 Å². The molecule has 0 saturated heterocycles. The summed E-state index contributed by atoms with van der Waals surface area (Å²) in [6.45, 7) is 4.36. The lowest BCUT2D eigenvalue weighted by molar-refractivity contribution is 0.899. The molecule has 1 atom stereocenters. The van der Waals surface area contributed by atoms with Gasteiger partial charge in [0.1, 0.15) is 5.01 Å². The summed E-state index contributed by atoms with van der Waals surface area (Å²) in [5, 5.41) is 8.77. The second-order valence-corrected chi connectivity index (χ2v) is 6.59. The van der Waals surface area contributed by atoms with Crippen molar-refractivity contribution in [2.45, 2.75) is 19.9 Å². The van der Waals surface area contributed by atoms with Crippen molar-refractivity contribution in [2.75, 3.05) is 5.32 Å². The highest BCUT2D eigenvalue weighted by Crippen LogP contribution is 2.28. The fraction of sp³-hybridized carbons (Fsp3) is 0.188. The maximum atomic E-state index is 4.33. The molecule has 0 bridgehead atoms. The predicted octanol–water partition coefficient (Wildman–Crippen LogP) is 5.35. The fourth-order valence-corrected chi connectivity index (χ4v) is 3.80. The molecule has 1 unspecified atom stereocenters. The van der Waals surface area contributed by atoms with Crippen LogP contribution in [0.1, 0.15) is 23.4 Å². The van der Waals surface area contributed by atoms with E-state index < -0.39 is 0 Å². The molecule has 4 heteroatoms. The van der Waals surface area contributed by atoms with Crippen LogP contribution in [0.2, 0.25) is 0 Å². The van der Waals surface area contributed by atoms with Gasteiger partial charge in [-0.25, -0.2) is 4.98 Å². The van der Waals surface area contributed by atoms with Gasteiger partial charge >= 0.3 is 0 Å². The molecule has 2 heterocycles. The summed E-state index contributed by atoms with van der Waals surface area (Å²) >= 11 is 3.47. The van der Waals surface area contributed by atoms with E-state index in [4.69, 9.17) is 0 Å². The second-order valence-electron chi connectivity index (χ2n) is 4.75. The Morgan fingerprint density at radius 2 is 1.85 bits per heavy atom. The number of hydrogen-bond donors (Lipinski definition) is 1. The van der Waals surface area contributed by atoms with Crippen LogP contribution in [0.4, 0.5) is 5.69 Å². The standard InChI is InChI=1S/C16H16N2S2/c1-11-7-9-19-15(11)12(2)18-14-5-3-13(4-6-14)16-17-8-10-20-16/h3-10,12,18H,1-2H3. The molecule has 0 amide bonds. The zero-order valence-corrected chi connectivity index (χ0v) is 13.1. The molecule has 0 radical (unpaired) electrons. The average Bonchev–Trinajstić information content (AvgIpc) is 3.10. The van der Waals surface area contributed by atoms with Gasteiger partial charge in [0, 0.05) is 27.7 Å². The molecule has 3 aromatic rings. The number of aryl methyl sites for hydroxylation is 1. The second kappa shape index (κ2) is 5.77. The van der Waals surface area contributed by atoms with E-state index >= 15 is 0 Å². The Hall–Kier alpha value is -1.65. The van der Waals surface area contributed by atoms with Crippen molar-refractivity contribution in [1.29, 1.82) is 0 Å². The first-order chi connectivity index (χ1) is 9.74. The number of benzene rings is 1. The Morgan fingerprint density at radius 1 is 1.05 bits per heavy atom. The molecule has 0 fully saturated rings. The van der Waals surface area contributed by atoms with Crippen LogP contribution in [0.25, 0.3) is 10.6 Å². The van der Waals surface area contributed by atoms with E-state index in [2.05, 4.69) is 59.9 Å². The normalized spacial score (nSPS) is 12.3. The minimum absolute atomic E-state index is 0.334. The van der Waals surface area contributed by atoms with Gasteiger partial charge in [-0.05, 0) is 55.1 Å². The van der Waals surface area contributed by atoms with Crippen molar-refractivity contribution >= 4 is 28.4 Å². The highest BCUT2D eigenvalue weighted by atomic mass is 32.1. The number of thiazole rings is 1. The van der Waals surface area contributed by atoms with E-state index in [1.807, 2.05) is 22.9 Å². The van der Waals surface area contributed by atoms with Crippen LogP contribution >= 0.6 is 22.7 Å². The number of anilines is 1. The van der Waals surface area contributed by atoms with Crippen LogP contribution in [-0.4, -0.2) is 4.98 Å². The van der Waals surface area contributed by atoms with Gasteiger partial charge in [0.05, 0.1) is 6.04 Å². The van der Waals surface area contributed by atoms with Crippen molar-refractivity contribution in [3.05, 3.63) is 57.7 Å². The fourth-order valence-electron chi connectivity index (χ4n) is 2.22. The van der Waals surface area contributed by atoms with E-state index in [0.29, 0.717) is 6.04 Å². The van der Waals surface area contributed by atoms with Crippen LogP contribution in [0.3, 0.4) is 0 Å². The van der Waals surface area contributed by atoms with Crippen LogP contribution in [0.5, 0.6) is 0 Å². The van der Waals surface area contributed by atoms with Crippen LogP contribution in [-0.2, 0) is 0 Å². The number of aromatic nitrogens is 1. The maximum Gasteiger partial charge on any atom is 0.123 e. The lowest BCUT2D eigenvalue weighted by Crippen LogP contribution is -2.05. The molecule has 0 aliphatic heterocycles. The Kier molecular flexibility index (Phi) is 3.85. The molecular formula is C16H16N2S2. The third kappa shape index (κ3) is 2.76. The first-order valence-electron chi connectivity index (χ1n) is 6.54. The highest BCUT2D eigenvalue weighted by Gasteiger charge is 2.09. The van der Waals surface area contributed by atoms with Crippen LogP contribution < -0.4 is 5.32 Å². The zero-order valence-electron chi connectivity index (χ0n) is 11.5. The number of nitrogens with one attached hydrogen (secondary N) is 1. The summed E-state index contributed by atoms with van der Waals surface area (Å²) in [5.74, 6) is 0. The van der Waals surface area contributed by atoms with Gasteiger partial charge in [-0.3, -0.25) is 0 Å². The summed E-state index contributed by atoms with van der Waals surface area (Å²) in [6.07, 6.45) is 1.84. The molecule has 0 spiro atoms. The molecule has 3 rings (SSSR count). The van der Waals surface area contributed by atoms with E-state index in [1.165, 1.54) is 16.0 Å². The molecule has 0 aliphatic rings. The van der Waals surface area contributed by atoms with E-state index in [9.17, 15) is 0 Å². The molecule has 2 aromatic heterocycles. The topological polar surface area (TPSA) is 24.9 Å². The maximum absolute atomic E-state index is 4.33. The van der Waals surface area contributed by atoms with Crippen LogP contribution in [0, 0.1) is 6.92 Å². The van der Waals surface area contributed by atoms with Crippen molar-refractivity contribution in [3.63, 3.8) is 0 Å². The van der Waals surface area contributed by atoms with Gasteiger partial charge in [-0.1, -0.05) is 0 Å². The minimum Gasteiger partial charge on any atom is -0.378 e. The number of rotatable bonds is 4. The lowest BCUT2D eigenvalue weighted by Gasteiger charge is -2.15. The Balaban J connectivity index is 1.74. The first kappa shape index (κ1) is 13.3. The van der Waals surface area contributed by atoms with Gasteiger partial charge in [-0.2, -0.15) is 0 Å². The Labute approximate surface area is 127 Å². The lowest BCUT2D eigenvalue weighted by atomic mass is 10.1.